The highest BCUT2D eigenvalue weighted by Crippen LogP contribution is 2.27. The number of rotatable bonds is 5. The van der Waals surface area contributed by atoms with Crippen molar-refractivity contribution in [2.45, 2.75) is 0 Å². The van der Waals surface area contributed by atoms with Crippen LogP contribution in [0, 0.1) is 10.1 Å². The van der Waals surface area contributed by atoms with Crippen molar-refractivity contribution >= 4 is 50.2 Å². The predicted molar refractivity (Wildman–Crippen MR) is 124 cm³/mol. The lowest BCUT2D eigenvalue weighted by Crippen LogP contribution is -2.20. The van der Waals surface area contributed by atoms with Gasteiger partial charge in [-0.2, -0.15) is 0 Å². The minimum absolute atomic E-state index is 0.0308. The number of halogens is 1. The Hall–Kier alpha value is -4.65. The van der Waals surface area contributed by atoms with Gasteiger partial charge >= 0.3 is 5.97 Å². The number of benzene rings is 2. The van der Waals surface area contributed by atoms with Crippen LogP contribution in [0.5, 0.6) is 0 Å². The first-order chi connectivity index (χ1) is 16.1. The molecule has 3 N–H and O–H groups in total. The zero-order chi connectivity index (χ0) is 24.6. The molecule has 1 amide bonds. The number of hydrogen-bond donors (Lipinski definition) is 3. The van der Waals surface area contributed by atoms with E-state index in [2.05, 4.69) is 31.2 Å². The highest BCUT2D eigenvalue weighted by Gasteiger charge is 2.21. The number of aromatic nitrogens is 3. The third kappa shape index (κ3) is 4.31. The molecule has 0 spiro atoms. The highest BCUT2D eigenvalue weighted by molar-refractivity contribution is 9.10. The average molecular weight is 526 g/mol. The van der Waals surface area contributed by atoms with Crippen molar-refractivity contribution in [2.24, 2.45) is 0 Å². The number of aromatic carboxylic acids is 1. The van der Waals surface area contributed by atoms with Crippen molar-refractivity contribution in [1.82, 2.24) is 14.5 Å². The summed E-state index contributed by atoms with van der Waals surface area (Å²) >= 11 is 3.26. The molecule has 0 saturated heterocycles. The number of nitrogens with zero attached hydrogens (tertiary/aromatic N) is 3. The second kappa shape index (κ2) is 8.71. The number of nitrogens with one attached hydrogen (secondary N) is 2. The van der Waals surface area contributed by atoms with Crippen LogP contribution in [0.15, 0.2) is 68.9 Å². The molecule has 13 heteroatoms. The third-order valence-electron chi connectivity index (χ3n) is 4.74. The maximum Gasteiger partial charge on any atom is 0.360 e. The van der Waals surface area contributed by atoms with E-state index in [0.717, 1.165) is 16.6 Å². The quantitative estimate of drug-likeness (QED) is 0.263. The molecule has 0 bridgehead atoms. The molecule has 2 aromatic heterocycles. The van der Waals surface area contributed by atoms with E-state index in [1.807, 2.05) is 0 Å². The lowest BCUT2D eigenvalue weighted by Gasteiger charge is -2.11. The van der Waals surface area contributed by atoms with Gasteiger partial charge in [0.25, 0.3) is 17.2 Å². The van der Waals surface area contributed by atoms with Crippen molar-refractivity contribution in [3.63, 3.8) is 0 Å². The molecule has 0 aliphatic heterocycles. The first-order valence-corrected chi connectivity index (χ1v) is 10.2. The van der Waals surface area contributed by atoms with E-state index in [4.69, 9.17) is 5.11 Å². The predicted octanol–water partition coefficient (Wildman–Crippen LogP) is 2.70. The minimum atomic E-state index is -1.57. The molecule has 0 fully saturated rings. The normalized spacial score (nSPS) is 10.7. The largest absolute Gasteiger partial charge is 0.476 e. The van der Waals surface area contributed by atoms with Crippen molar-refractivity contribution in [1.29, 1.82) is 0 Å². The SMILES string of the molecule is O=C(Nc1cn(-c2cc3nc(C(=O)O)c(=O)[nH]c3cc2[N+](=O)[O-])ccc1=O)c1ccc(Br)cc1. The van der Waals surface area contributed by atoms with E-state index < -0.39 is 39.2 Å². The van der Waals surface area contributed by atoms with Crippen molar-refractivity contribution in [3.05, 3.63) is 101 Å². The minimum Gasteiger partial charge on any atom is -0.476 e. The number of hydrogen-bond acceptors (Lipinski definition) is 7. The van der Waals surface area contributed by atoms with Crippen molar-refractivity contribution in [2.75, 3.05) is 5.32 Å². The summed E-state index contributed by atoms with van der Waals surface area (Å²) in [6, 6.07) is 9.72. The Balaban J connectivity index is 1.83. The molecule has 2 aromatic carbocycles. The number of carboxylic acid groups (broad SMARTS) is 1. The Morgan fingerprint density at radius 1 is 1.15 bits per heavy atom. The number of carbonyl (C=O) groups is 2. The van der Waals surface area contributed by atoms with Gasteiger partial charge in [0, 0.05) is 34.6 Å². The van der Waals surface area contributed by atoms with Gasteiger partial charge < -0.3 is 20.0 Å². The zero-order valence-electron chi connectivity index (χ0n) is 16.8. The zero-order valence-corrected chi connectivity index (χ0v) is 18.4. The number of anilines is 1. The molecule has 0 atom stereocenters. The van der Waals surface area contributed by atoms with Crippen LogP contribution in [-0.2, 0) is 0 Å². The fourth-order valence-electron chi connectivity index (χ4n) is 3.13. The molecule has 4 aromatic rings. The summed E-state index contributed by atoms with van der Waals surface area (Å²) in [6.45, 7) is 0. The number of amides is 1. The second-order valence-electron chi connectivity index (χ2n) is 6.93. The van der Waals surface area contributed by atoms with Crippen LogP contribution in [0.25, 0.3) is 16.7 Å². The number of pyridine rings is 1. The summed E-state index contributed by atoms with van der Waals surface area (Å²) in [5.41, 5.74) is -2.81. The number of nitro groups is 1. The molecule has 0 radical (unpaired) electrons. The lowest BCUT2D eigenvalue weighted by molar-refractivity contribution is -0.384. The van der Waals surface area contributed by atoms with Crippen LogP contribution in [0.3, 0.4) is 0 Å². The van der Waals surface area contributed by atoms with Crippen molar-refractivity contribution < 1.29 is 19.6 Å². The lowest BCUT2D eigenvalue weighted by atomic mass is 10.2. The van der Waals surface area contributed by atoms with E-state index in [-0.39, 0.29) is 28.0 Å². The molecule has 4 rings (SSSR count). The van der Waals surface area contributed by atoms with Gasteiger partial charge in [0.05, 0.1) is 16.0 Å². The molecular weight excluding hydrogens is 514 g/mol. The van der Waals surface area contributed by atoms with Gasteiger partial charge in [-0.25, -0.2) is 9.78 Å². The summed E-state index contributed by atoms with van der Waals surface area (Å²) in [4.78, 5) is 65.0. The van der Waals surface area contributed by atoms with Gasteiger partial charge in [0.1, 0.15) is 11.4 Å². The highest BCUT2D eigenvalue weighted by atomic mass is 79.9. The molecular formula is C21H12BrN5O7. The van der Waals surface area contributed by atoms with Crippen LogP contribution in [0.4, 0.5) is 11.4 Å². The van der Waals surface area contributed by atoms with Crippen LogP contribution in [0.1, 0.15) is 20.8 Å². The van der Waals surface area contributed by atoms with Crippen LogP contribution in [-0.4, -0.2) is 36.4 Å². The number of aromatic amines is 1. The molecule has 2 heterocycles. The standard InChI is InChI=1S/C21H12BrN5O7/c22-11-3-1-10(2-4-11)19(29)25-14-9-26(6-5-17(14)28)15-7-12-13(8-16(15)27(33)34)24-20(30)18(23-12)21(31)32/h1-9H,(H,24,30)(H,25,29)(H,31,32). The Morgan fingerprint density at radius 2 is 1.85 bits per heavy atom. The van der Waals surface area contributed by atoms with E-state index in [1.165, 1.54) is 23.0 Å². The second-order valence-corrected chi connectivity index (χ2v) is 7.84. The first-order valence-electron chi connectivity index (χ1n) is 9.39. The summed E-state index contributed by atoms with van der Waals surface area (Å²) in [5.74, 6) is -2.13. The molecule has 34 heavy (non-hydrogen) atoms. The summed E-state index contributed by atoms with van der Waals surface area (Å²) < 4.78 is 1.97. The van der Waals surface area contributed by atoms with Crippen LogP contribution >= 0.6 is 15.9 Å². The third-order valence-corrected chi connectivity index (χ3v) is 5.27. The van der Waals surface area contributed by atoms with Crippen LogP contribution in [0.2, 0.25) is 0 Å². The van der Waals surface area contributed by atoms with Gasteiger partial charge in [-0.15, -0.1) is 0 Å². The van der Waals surface area contributed by atoms with Gasteiger partial charge in [-0.05, 0) is 30.3 Å². The number of carboxylic acids is 1. The molecule has 170 valence electrons. The molecule has 0 unspecified atom stereocenters. The molecule has 0 saturated carbocycles. The fraction of sp³-hybridized carbons (Fsp3) is 0. The van der Waals surface area contributed by atoms with E-state index in [1.54, 1.807) is 24.3 Å². The number of nitro benzene ring substituents is 1. The van der Waals surface area contributed by atoms with E-state index in [9.17, 15) is 29.3 Å². The Labute approximate surface area is 196 Å². The molecule has 0 aliphatic rings. The maximum atomic E-state index is 12.5. The van der Waals surface area contributed by atoms with Gasteiger partial charge in [-0.3, -0.25) is 24.5 Å². The van der Waals surface area contributed by atoms with Gasteiger partial charge in [0.15, 0.2) is 0 Å². The topological polar surface area (TPSA) is 177 Å². The van der Waals surface area contributed by atoms with E-state index >= 15 is 0 Å². The Bertz CT molecular complexity index is 1610. The fourth-order valence-corrected chi connectivity index (χ4v) is 3.40. The maximum absolute atomic E-state index is 12.5. The number of fused-ring (bicyclic) bond motifs is 1. The van der Waals surface area contributed by atoms with Crippen molar-refractivity contribution in [3.8, 4) is 5.69 Å². The number of carbonyl (C=O) groups excluding carboxylic acids is 1. The van der Waals surface area contributed by atoms with Gasteiger partial charge in [0.2, 0.25) is 11.1 Å². The summed E-state index contributed by atoms with van der Waals surface area (Å²) in [5, 5.41) is 23.3. The Morgan fingerprint density at radius 3 is 2.50 bits per heavy atom. The molecule has 0 aliphatic carbocycles. The monoisotopic (exact) mass is 525 g/mol. The Kier molecular flexibility index (Phi) is 5.77. The smallest absolute Gasteiger partial charge is 0.360 e. The number of H-pyrrole nitrogens is 1. The summed E-state index contributed by atoms with van der Waals surface area (Å²) in [6.07, 6.45) is 2.44. The first kappa shape index (κ1) is 22.5. The van der Waals surface area contributed by atoms with Gasteiger partial charge in [-0.1, -0.05) is 15.9 Å². The van der Waals surface area contributed by atoms with Crippen LogP contribution < -0.4 is 16.3 Å². The summed E-state index contributed by atoms with van der Waals surface area (Å²) in [7, 11) is 0. The molecule has 12 nitrogen and oxygen atoms in total. The van der Waals surface area contributed by atoms with E-state index in [0.29, 0.717) is 0 Å². The average Bonchev–Trinajstić information content (AvgIpc) is 2.79.